The van der Waals surface area contributed by atoms with E-state index in [1.807, 2.05) is 0 Å². The van der Waals surface area contributed by atoms with E-state index >= 15 is 0 Å². The molecule has 2 aliphatic heterocycles. The van der Waals surface area contributed by atoms with E-state index in [4.69, 9.17) is 0 Å². The van der Waals surface area contributed by atoms with Gasteiger partial charge in [-0.25, -0.2) is 0 Å². The maximum atomic E-state index is 4.28. The van der Waals surface area contributed by atoms with Crippen LogP contribution in [0.2, 0.25) is 0 Å². The zero-order chi connectivity index (χ0) is 8.93. The van der Waals surface area contributed by atoms with Crippen LogP contribution in [-0.2, 0) is 0 Å². The standard InChI is InChI=1S/C9H18N4/c1-3-10-7-8(1)2-4-11-9-12-5-6-13-9/h8,10H,1-7H2,(H2,11,12,13). The molecule has 1 fully saturated rings. The van der Waals surface area contributed by atoms with E-state index in [0.717, 1.165) is 31.5 Å². The van der Waals surface area contributed by atoms with Crippen molar-refractivity contribution in [2.75, 3.05) is 32.7 Å². The van der Waals surface area contributed by atoms with Gasteiger partial charge in [-0.3, -0.25) is 4.99 Å². The molecule has 0 aromatic heterocycles. The highest BCUT2D eigenvalue weighted by Crippen LogP contribution is 2.10. The van der Waals surface area contributed by atoms with Crippen LogP contribution in [0.25, 0.3) is 0 Å². The minimum Gasteiger partial charge on any atom is -0.356 e. The topological polar surface area (TPSA) is 48.4 Å². The molecule has 1 atom stereocenters. The van der Waals surface area contributed by atoms with Crippen LogP contribution in [-0.4, -0.2) is 38.7 Å². The number of nitrogens with zero attached hydrogens (tertiary/aromatic N) is 1. The third-order valence-electron chi connectivity index (χ3n) is 2.68. The highest BCUT2D eigenvalue weighted by molar-refractivity contribution is 5.81. The van der Waals surface area contributed by atoms with Gasteiger partial charge in [-0.2, -0.15) is 0 Å². The number of hydrogen-bond acceptors (Lipinski definition) is 4. The molecule has 0 bridgehead atoms. The van der Waals surface area contributed by atoms with Crippen molar-refractivity contribution >= 4 is 5.96 Å². The minimum absolute atomic E-state index is 0.870. The van der Waals surface area contributed by atoms with Crippen molar-refractivity contribution in [3.63, 3.8) is 0 Å². The van der Waals surface area contributed by atoms with Gasteiger partial charge < -0.3 is 16.0 Å². The molecule has 1 unspecified atom stereocenters. The second-order valence-electron chi connectivity index (χ2n) is 3.73. The van der Waals surface area contributed by atoms with E-state index in [1.165, 1.54) is 25.9 Å². The number of rotatable bonds is 3. The molecule has 2 heterocycles. The lowest BCUT2D eigenvalue weighted by atomic mass is 10.1. The molecular formula is C9H18N4. The predicted molar refractivity (Wildman–Crippen MR) is 53.9 cm³/mol. The molecule has 0 spiro atoms. The van der Waals surface area contributed by atoms with Gasteiger partial charge in [0.1, 0.15) is 0 Å². The lowest BCUT2D eigenvalue weighted by Gasteiger charge is -2.09. The molecule has 2 rings (SSSR count). The zero-order valence-electron chi connectivity index (χ0n) is 7.97. The molecular weight excluding hydrogens is 164 g/mol. The lowest BCUT2D eigenvalue weighted by Crippen LogP contribution is -2.35. The van der Waals surface area contributed by atoms with Gasteiger partial charge in [0.2, 0.25) is 0 Å². The van der Waals surface area contributed by atoms with Crippen molar-refractivity contribution in [1.29, 1.82) is 0 Å². The second kappa shape index (κ2) is 4.46. The lowest BCUT2D eigenvalue weighted by molar-refractivity contribution is 0.526. The van der Waals surface area contributed by atoms with Crippen molar-refractivity contribution < 1.29 is 0 Å². The van der Waals surface area contributed by atoms with Crippen LogP contribution in [0, 0.1) is 5.92 Å². The molecule has 1 saturated heterocycles. The summed E-state index contributed by atoms with van der Waals surface area (Å²) in [6.45, 7) is 5.37. The quantitative estimate of drug-likeness (QED) is 0.553. The zero-order valence-corrected chi connectivity index (χ0v) is 7.97. The van der Waals surface area contributed by atoms with E-state index in [0.29, 0.717) is 0 Å². The molecule has 4 nitrogen and oxygen atoms in total. The number of aliphatic imine (C=N–C) groups is 1. The minimum atomic E-state index is 0.870. The first-order valence-electron chi connectivity index (χ1n) is 5.18. The first kappa shape index (κ1) is 8.81. The third kappa shape index (κ3) is 2.59. The molecule has 3 N–H and O–H groups in total. The van der Waals surface area contributed by atoms with Gasteiger partial charge >= 0.3 is 0 Å². The fourth-order valence-electron chi connectivity index (χ4n) is 1.87. The molecule has 74 valence electrons. The van der Waals surface area contributed by atoms with Gasteiger partial charge in [-0.15, -0.1) is 0 Å². The molecule has 0 aliphatic carbocycles. The van der Waals surface area contributed by atoms with Crippen LogP contribution in [0.1, 0.15) is 12.8 Å². The van der Waals surface area contributed by atoms with Crippen LogP contribution < -0.4 is 16.0 Å². The summed E-state index contributed by atoms with van der Waals surface area (Å²) in [6.07, 6.45) is 2.59. The first-order chi connectivity index (χ1) is 6.45. The van der Waals surface area contributed by atoms with Gasteiger partial charge in [-0.1, -0.05) is 0 Å². The van der Waals surface area contributed by atoms with Crippen molar-refractivity contribution in [3.05, 3.63) is 0 Å². The van der Waals surface area contributed by atoms with Crippen molar-refractivity contribution in [1.82, 2.24) is 16.0 Å². The van der Waals surface area contributed by atoms with Crippen LogP contribution in [0.4, 0.5) is 0 Å². The molecule has 2 aliphatic rings. The second-order valence-corrected chi connectivity index (χ2v) is 3.73. The van der Waals surface area contributed by atoms with Crippen molar-refractivity contribution in [2.45, 2.75) is 12.8 Å². The van der Waals surface area contributed by atoms with Crippen LogP contribution in [0.5, 0.6) is 0 Å². The summed E-state index contributed by atoms with van der Waals surface area (Å²) in [7, 11) is 0. The van der Waals surface area contributed by atoms with Gasteiger partial charge in [0.05, 0.1) is 6.54 Å². The van der Waals surface area contributed by atoms with E-state index in [1.54, 1.807) is 0 Å². The molecule has 13 heavy (non-hydrogen) atoms. The van der Waals surface area contributed by atoms with Gasteiger partial charge in [0.25, 0.3) is 0 Å². The first-order valence-corrected chi connectivity index (χ1v) is 5.18. The summed E-state index contributed by atoms with van der Waals surface area (Å²) in [4.78, 5) is 4.28. The summed E-state index contributed by atoms with van der Waals surface area (Å²) in [5.74, 6) is 1.86. The maximum Gasteiger partial charge on any atom is 0.191 e. The highest BCUT2D eigenvalue weighted by Gasteiger charge is 2.13. The molecule has 4 heteroatoms. The van der Waals surface area contributed by atoms with Gasteiger partial charge in [0, 0.05) is 13.1 Å². The van der Waals surface area contributed by atoms with Crippen molar-refractivity contribution in [3.8, 4) is 0 Å². The normalized spacial score (nSPS) is 27.1. The Morgan fingerprint density at radius 1 is 1.46 bits per heavy atom. The fourth-order valence-corrected chi connectivity index (χ4v) is 1.87. The Morgan fingerprint density at radius 3 is 3.15 bits per heavy atom. The Bertz CT molecular complexity index is 184. The van der Waals surface area contributed by atoms with E-state index in [2.05, 4.69) is 20.9 Å². The SMILES string of the molecule is C1CNC(NCCC2CCNC2)=N1. The Hall–Kier alpha value is -0.770. The van der Waals surface area contributed by atoms with E-state index < -0.39 is 0 Å². The third-order valence-corrected chi connectivity index (χ3v) is 2.68. The molecule has 0 amide bonds. The number of nitrogens with one attached hydrogen (secondary N) is 3. The van der Waals surface area contributed by atoms with Crippen LogP contribution >= 0.6 is 0 Å². The summed E-state index contributed by atoms with van der Waals surface area (Å²) >= 11 is 0. The highest BCUT2D eigenvalue weighted by atomic mass is 15.2. The van der Waals surface area contributed by atoms with Crippen LogP contribution in [0.15, 0.2) is 4.99 Å². The summed E-state index contributed by atoms with van der Waals surface area (Å²) in [6, 6.07) is 0. The maximum absolute atomic E-state index is 4.28. The fraction of sp³-hybridized carbons (Fsp3) is 0.889. The van der Waals surface area contributed by atoms with E-state index in [-0.39, 0.29) is 0 Å². The summed E-state index contributed by atoms with van der Waals surface area (Å²) in [5.41, 5.74) is 0. The average Bonchev–Trinajstić information content (AvgIpc) is 2.75. The molecule has 0 radical (unpaired) electrons. The Labute approximate surface area is 79.2 Å². The summed E-state index contributed by atoms with van der Waals surface area (Å²) in [5, 5.41) is 9.90. The molecule has 0 aromatic carbocycles. The molecule has 0 aromatic rings. The monoisotopic (exact) mass is 182 g/mol. The predicted octanol–water partition coefficient (Wildman–Crippen LogP) is -0.465. The van der Waals surface area contributed by atoms with E-state index in [9.17, 15) is 0 Å². The smallest absolute Gasteiger partial charge is 0.191 e. The Kier molecular flexibility index (Phi) is 3.02. The van der Waals surface area contributed by atoms with Gasteiger partial charge in [0.15, 0.2) is 5.96 Å². The summed E-state index contributed by atoms with van der Waals surface area (Å²) < 4.78 is 0. The Balaban J connectivity index is 1.57. The van der Waals surface area contributed by atoms with Crippen LogP contribution in [0.3, 0.4) is 0 Å². The molecule has 0 saturated carbocycles. The van der Waals surface area contributed by atoms with Gasteiger partial charge in [-0.05, 0) is 31.8 Å². The number of hydrogen-bond donors (Lipinski definition) is 3. The average molecular weight is 182 g/mol. The largest absolute Gasteiger partial charge is 0.356 e. The number of guanidine groups is 1. The van der Waals surface area contributed by atoms with Crippen molar-refractivity contribution in [2.24, 2.45) is 10.9 Å². The Morgan fingerprint density at radius 2 is 2.46 bits per heavy atom.